The molecule has 0 aromatic rings. The van der Waals surface area contributed by atoms with Gasteiger partial charge < -0.3 is 15.3 Å². The Labute approximate surface area is 194 Å². The summed E-state index contributed by atoms with van der Waals surface area (Å²) in [5, 5.41) is 37.4. The van der Waals surface area contributed by atoms with Crippen LogP contribution in [0.15, 0.2) is 0 Å². The Morgan fingerprint density at radius 2 is 1.15 bits per heavy atom. The van der Waals surface area contributed by atoms with Crippen LogP contribution in [-0.2, 0) is 19.3 Å². The highest BCUT2D eigenvalue weighted by atomic mass is 17.1. The van der Waals surface area contributed by atoms with Crippen LogP contribution in [0.2, 0.25) is 0 Å². The summed E-state index contributed by atoms with van der Waals surface area (Å²) in [5.74, 6) is -2.84. The van der Waals surface area contributed by atoms with Crippen molar-refractivity contribution in [2.45, 2.75) is 82.5 Å². The Morgan fingerprint density at radius 1 is 0.727 bits per heavy atom. The molecule has 2 aliphatic carbocycles. The molecule has 2 aliphatic rings. The predicted octanol–water partition coefficient (Wildman–Crippen LogP) is 1.28. The van der Waals surface area contributed by atoms with Gasteiger partial charge in [0.15, 0.2) is 0 Å². The molecule has 4 N–H and O–H groups in total. The van der Waals surface area contributed by atoms with Gasteiger partial charge in [-0.3, -0.25) is 34.3 Å². The van der Waals surface area contributed by atoms with Crippen molar-refractivity contribution in [3.05, 3.63) is 0 Å². The van der Waals surface area contributed by atoms with Crippen molar-refractivity contribution in [2.75, 3.05) is 39.3 Å². The van der Waals surface area contributed by atoms with Crippen molar-refractivity contribution < 1.29 is 39.8 Å². The molecule has 0 aromatic carbocycles. The minimum absolute atomic E-state index is 0.0380. The van der Waals surface area contributed by atoms with E-state index in [0.717, 1.165) is 51.4 Å². The number of carbonyl (C=O) groups is 3. The van der Waals surface area contributed by atoms with Crippen LogP contribution in [0, 0.1) is 0 Å². The van der Waals surface area contributed by atoms with Crippen LogP contribution in [0.1, 0.15) is 58.3 Å². The third-order valence-corrected chi connectivity index (χ3v) is 7.05. The number of carboxylic acids is 3. The van der Waals surface area contributed by atoms with Crippen LogP contribution in [0.3, 0.4) is 0 Å². The minimum atomic E-state index is -0.990. The topological polar surface area (TPSA) is 151 Å². The quantitative estimate of drug-likeness (QED) is 0.213. The molecule has 4 atom stereocenters. The predicted molar refractivity (Wildman–Crippen MR) is 119 cm³/mol. The SMILES string of the molecule is CCN(CC(=O)O)C1CCCCC1N(CC(=O)O)C1CCCCC1N(CCOO)CC(=O)O. The molecule has 33 heavy (non-hydrogen) atoms. The van der Waals surface area contributed by atoms with E-state index in [1.165, 1.54) is 0 Å². The highest BCUT2D eigenvalue weighted by molar-refractivity contribution is 5.70. The van der Waals surface area contributed by atoms with Gasteiger partial charge in [0.2, 0.25) is 0 Å². The Balaban J connectivity index is 2.38. The molecule has 0 radical (unpaired) electrons. The third-order valence-electron chi connectivity index (χ3n) is 7.05. The van der Waals surface area contributed by atoms with Gasteiger partial charge in [-0.05, 0) is 32.2 Å². The Hall–Kier alpha value is -1.79. The standard InChI is InChI=1S/C22H39N3O8/c1-2-23(13-20(26)27)16-7-3-5-9-18(16)25(15-22(30)31)19-10-6-4-8-17(19)24(11-12-33-32)14-21(28)29/h16-19,32H,2-15H2,1H3,(H,26,27)(H,28,29)(H,30,31). The van der Waals surface area contributed by atoms with E-state index in [-0.39, 0.29) is 57.0 Å². The lowest BCUT2D eigenvalue weighted by Crippen LogP contribution is -2.63. The first-order chi connectivity index (χ1) is 15.8. The van der Waals surface area contributed by atoms with Gasteiger partial charge in [0, 0.05) is 30.7 Å². The first-order valence-corrected chi connectivity index (χ1v) is 11.9. The lowest BCUT2D eigenvalue weighted by Gasteiger charge is -2.51. The van der Waals surface area contributed by atoms with Crippen molar-refractivity contribution in [1.82, 2.24) is 14.7 Å². The highest BCUT2D eigenvalue weighted by Gasteiger charge is 2.42. The van der Waals surface area contributed by atoms with Crippen molar-refractivity contribution in [2.24, 2.45) is 0 Å². The van der Waals surface area contributed by atoms with Gasteiger partial charge >= 0.3 is 17.9 Å². The molecule has 2 rings (SSSR count). The average molecular weight is 474 g/mol. The third kappa shape index (κ3) is 8.18. The summed E-state index contributed by atoms with van der Waals surface area (Å²) >= 11 is 0. The number of nitrogens with zero attached hydrogens (tertiary/aromatic N) is 3. The largest absolute Gasteiger partial charge is 0.480 e. The molecular weight excluding hydrogens is 434 g/mol. The van der Waals surface area contributed by atoms with Gasteiger partial charge in [-0.1, -0.05) is 32.6 Å². The van der Waals surface area contributed by atoms with E-state index < -0.39 is 17.9 Å². The number of carboxylic acid groups (broad SMARTS) is 3. The molecule has 11 heteroatoms. The van der Waals surface area contributed by atoms with E-state index in [4.69, 9.17) is 5.26 Å². The maximum absolute atomic E-state index is 11.9. The Morgan fingerprint density at radius 3 is 1.58 bits per heavy atom. The monoisotopic (exact) mass is 473 g/mol. The van der Waals surface area contributed by atoms with Crippen molar-refractivity contribution >= 4 is 17.9 Å². The highest BCUT2D eigenvalue weighted by Crippen LogP contribution is 2.34. The van der Waals surface area contributed by atoms with Gasteiger partial charge in [0.1, 0.15) is 0 Å². The molecule has 0 bridgehead atoms. The summed E-state index contributed by atoms with van der Waals surface area (Å²) in [7, 11) is 0. The molecule has 0 spiro atoms. The smallest absolute Gasteiger partial charge is 0.317 e. The van der Waals surface area contributed by atoms with Crippen molar-refractivity contribution in [3.8, 4) is 0 Å². The first kappa shape index (κ1) is 27.5. The van der Waals surface area contributed by atoms with Crippen molar-refractivity contribution in [3.63, 3.8) is 0 Å². The molecule has 2 fully saturated rings. The normalized spacial score (nSPS) is 26.1. The van der Waals surface area contributed by atoms with E-state index in [0.29, 0.717) is 6.54 Å². The summed E-state index contributed by atoms with van der Waals surface area (Å²) in [6.07, 6.45) is 6.77. The van der Waals surface area contributed by atoms with Crippen LogP contribution in [0.5, 0.6) is 0 Å². The maximum atomic E-state index is 11.9. The van der Waals surface area contributed by atoms with Crippen molar-refractivity contribution in [1.29, 1.82) is 0 Å². The summed E-state index contributed by atoms with van der Waals surface area (Å²) in [4.78, 5) is 44.9. The zero-order valence-electron chi connectivity index (χ0n) is 19.5. The van der Waals surface area contributed by atoms with E-state index in [1.54, 1.807) is 4.90 Å². The van der Waals surface area contributed by atoms with E-state index in [9.17, 15) is 29.7 Å². The Bertz CT molecular complexity index is 649. The summed E-state index contributed by atoms with van der Waals surface area (Å²) in [6.45, 7) is 2.17. The summed E-state index contributed by atoms with van der Waals surface area (Å²) in [6, 6.07) is -0.570. The van der Waals surface area contributed by atoms with Gasteiger partial charge in [0.25, 0.3) is 0 Å². The molecule has 0 heterocycles. The number of likely N-dealkylation sites (N-methyl/N-ethyl adjacent to an activating group) is 1. The first-order valence-electron chi connectivity index (χ1n) is 11.9. The van der Waals surface area contributed by atoms with Crippen LogP contribution < -0.4 is 0 Å². The average Bonchev–Trinajstić information content (AvgIpc) is 2.78. The second-order valence-corrected chi connectivity index (χ2v) is 9.06. The number of hydrogen-bond donors (Lipinski definition) is 4. The molecule has 2 saturated carbocycles. The molecule has 0 amide bonds. The number of rotatable bonds is 14. The fourth-order valence-electron chi connectivity index (χ4n) is 5.78. The second-order valence-electron chi connectivity index (χ2n) is 9.06. The second kappa shape index (κ2) is 13.8. The fraction of sp³-hybridized carbons (Fsp3) is 0.864. The van der Waals surface area contributed by atoms with Crippen LogP contribution in [-0.4, -0.2) is 117 Å². The van der Waals surface area contributed by atoms with Crippen LogP contribution in [0.25, 0.3) is 0 Å². The fourth-order valence-corrected chi connectivity index (χ4v) is 5.78. The molecule has 4 unspecified atom stereocenters. The van der Waals surface area contributed by atoms with Gasteiger partial charge in [-0.2, -0.15) is 0 Å². The molecular formula is C22H39N3O8. The van der Waals surface area contributed by atoms with E-state index in [1.807, 2.05) is 16.7 Å². The lowest BCUT2D eigenvalue weighted by atomic mass is 9.82. The number of hydrogen-bond acceptors (Lipinski definition) is 8. The van der Waals surface area contributed by atoms with E-state index >= 15 is 0 Å². The molecule has 0 aromatic heterocycles. The molecule has 0 saturated heterocycles. The number of aliphatic carboxylic acids is 3. The lowest BCUT2D eigenvalue weighted by molar-refractivity contribution is -0.245. The zero-order valence-corrected chi connectivity index (χ0v) is 19.5. The summed E-state index contributed by atoms with van der Waals surface area (Å²) in [5.41, 5.74) is 0. The van der Waals surface area contributed by atoms with Gasteiger partial charge in [0.05, 0.1) is 26.2 Å². The molecule has 190 valence electrons. The Kier molecular flexibility index (Phi) is 11.5. The molecule has 0 aliphatic heterocycles. The maximum Gasteiger partial charge on any atom is 0.317 e. The van der Waals surface area contributed by atoms with Gasteiger partial charge in [-0.25, -0.2) is 4.89 Å². The molecule has 11 nitrogen and oxygen atoms in total. The van der Waals surface area contributed by atoms with Crippen LogP contribution in [0.4, 0.5) is 0 Å². The van der Waals surface area contributed by atoms with Gasteiger partial charge in [-0.15, -0.1) is 0 Å². The van der Waals surface area contributed by atoms with Crippen LogP contribution >= 0.6 is 0 Å². The minimum Gasteiger partial charge on any atom is -0.480 e. The zero-order chi connectivity index (χ0) is 24.4. The summed E-state index contributed by atoms with van der Waals surface area (Å²) < 4.78 is 0. The van der Waals surface area contributed by atoms with E-state index in [2.05, 4.69) is 4.89 Å².